The Kier molecular flexibility index (Phi) is 17.5. The number of anilines is 2. The van der Waals surface area contributed by atoms with E-state index in [4.69, 9.17) is 0 Å². The SMILES string of the molecule is C=C(NC)c1ccc(C)c(-c2nc(C)nc3c2C=CCC(=O)N3c2c(F)cccc2F)c1.CC.CC.CCCCN(CC)CC. The Labute approximate surface area is 270 Å². The minimum absolute atomic E-state index is 0.0296. The zero-order chi connectivity index (χ0) is 34.1. The minimum Gasteiger partial charge on any atom is -0.388 e. The molecule has 3 aromatic rings. The monoisotopic (exact) mass is 621 g/mol. The average Bonchev–Trinajstić information content (AvgIpc) is 3.21. The fourth-order valence-corrected chi connectivity index (χ4v) is 4.65. The molecule has 4 rings (SSSR count). The maximum Gasteiger partial charge on any atom is 0.236 e. The van der Waals surface area contributed by atoms with Crippen LogP contribution in [0.4, 0.5) is 20.3 Å². The van der Waals surface area contributed by atoms with Gasteiger partial charge in [0.2, 0.25) is 5.91 Å². The van der Waals surface area contributed by atoms with Crippen molar-refractivity contribution < 1.29 is 13.6 Å². The van der Waals surface area contributed by atoms with E-state index in [1.807, 2.05) is 52.8 Å². The molecule has 45 heavy (non-hydrogen) atoms. The van der Waals surface area contributed by atoms with Gasteiger partial charge >= 0.3 is 0 Å². The Morgan fingerprint density at radius 1 is 1.00 bits per heavy atom. The molecular formula is C37H53F2N5O. The van der Waals surface area contributed by atoms with Crippen molar-refractivity contribution >= 4 is 29.2 Å². The van der Waals surface area contributed by atoms with Crippen LogP contribution in [0.5, 0.6) is 0 Å². The van der Waals surface area contributed by atoms with Crippen LogP contribution in [0.3, 0.4) is 0 Å². The van der Waals surface area contributed by atoms with Gasteiger partial charge in [-0.2, -0.15) is 0 Å². The molecule has 1 aliphatic rings. The van der Waals surface area contributed by atoms with Gasteiger partial charge in [0, 0.05) is 30.3 Å². The lowest BCUT2D eigenvalue weighted by Gasteiger charge is -2.24. The summed E-state index contributed by atoms with van der Waals surface area (Å²) in [6.45, 7) is 26.0. The number of benzene rings is 2. The first kappa shape index (κ1) is 39.1. The van der Waals surface area contributed by atoms with Crippen LogP contribution >= 0.6 is 0 Å². The van der Waals surface area contributed by atoms with Crippen molar-refractivity contribution in [2.45, 2.75) is 81.6 Å². The summed E-state index contributed by atoms with van der Waals surface area (Å²) in [5.74, 6) is -1.64. The van der Waals surface area contributed by atoms with Gasteiger partial charge in [-0.3, -0.25) is 9.69 Å². The Morgan fingerprint density at radius 3 is 2.18 bits per heavy atom. The van der Waals surface area contributed by atoms with Crippen molar-refractivity contribution in [2.24, 2.45) is 0 Å². The maximum atomic E-state index is 14.7. The number of amides is 1. The van der Waals surface area contributed by atoms with Crippen LogP contribution in [0, 0.1) is 25.5 Å². The second-order valence-corrected chi connectivity index (χ2v) is 9.90. The number of nitrogens with one attached hydrogen (secondary N) is 1. The lowest BCUT2D eigenvalue weighted by Crippen LogP contribution is -2.28. The van der Waals surface area contributed by atoms with E-state index in [0.717, 1.165) is 39.4 Å². The second-order valence-electron chi connectivity index (χ2n) is 9.90. The molecule has 0 spiro atoms. The van der Waals surface area contributed by atoms with E-state index in [-0.39, 0.29) is 12.2 Å². The molecule has 0 unspecified atom stereocenters. The summed E-state index contributed by atoms with van der Waals surface area (Å²) in [6, 6.07) is 9.35. The lowest BCUT2D eigenvalue weighted by atomic mass is 9.97. The third-order valence-corrected chi connectivity index (χ3v) is 7.10. The molecule has 0 atom stereocenters. The Morgan fingerprint density at radius 2 is 1.62 bits per heavy atom. The lowest BCUT2D eigenvalue weighted by molar-refractivity contribution is -0.117. The predicted octanol–water partition coefficient (Wildman–Crippen LogP) is 9.49. The quantitative estimate of drug-likeness (QED) is 0.258. The molecular weight excluding hydrogens is 568 g/mol. The van der Waals surface area contributed by atoms with Gasteiger partial charge in [-0.15, -0.1) is 0 Å². The number of nitrogens with zero attached hydrogens (tertiary/aromatic N) is 4. The Bertz CT molecular complexity index is 1400. The van der Waals surface area contributed by atoms with E-state index in [1.165, 1.54) is 38.5 Å². The van der Waals surface area contributed by atoms with Crippen molar-refractivity contribution in [2.75, 3.05) is 31.6 Å². The average molecular weight is 622 g/mol. The highest BCUT2D eigenvalue weighted by Gasteiger charge is 2.30. The summed E-state index contributed by atoms with van der Waals surface area (Å²) >= 11 is 0. The largest absolute Gasteiger partial charge is 0.388 e. The summed E-state index contributed by atoms with van der Waals surface area (Å²) in [7, 11) is 1.79. The smallest absolute Gasteiger partial charge is 0.236 e. The molecule has 6 nitrogen and oxygen atoms in total. The summed E-state index contributed by atoms with van der Waals surface area (Å²) in [4.78, 5) is 25.5. The van der Waals surface area contributed by atoms with Crippen LogP contribution in [0.25, 0.3) is 23.0 Å². The molecule has 1 aliphatic heterocycles. The molecule has 2 aromatic carbocycles. The number of rotatable bonds is 9. The number of hydrogen-bond acceptors (Lipinski definition) is 5. The van der Waals surface area contributed by atoms with Crippen molar-refractivity contribution in [1.29, 1.82) is 0 Å². The minimum atomic E-state index is -0.840. The van der Waals surface area contributed by atoms with E-state index in [2.05, 4.69) is 47.5 Å². The van der Waals surface area contributed by atoms with Gasteiger partial charge in [-0.05, 0) is 69.2 Å². The van der Waals surface area contributed by atoms with Crippen molar-refractivity contribution in [3.8, 4) is 11.3 Å². The molecule has 1 N–H and O–H groups in total. The summed E-state index contributed by atoms with van der Waals surface area (Å²) < 4.78 is 29.4. The fraction of sp³-hybridized carbons (Fsp3) is 0.432. The van der Waals surface area contributed by atoms with Gasteiger partial charge in [0.1, 0.15) is 23.1 Å². The van der Waals surface area contributed by atoms with Gasteiger partial charge < -0.3 is 10.2 Å². The standard InChI is InChI=1S/C25H22F2N4O.C8H19N.2C2H6/c1-14-11-12-17(15(2)28-4)13-19(14)23-18-7-5-10-22(32)31(25(18)30-16(3)29-23)24-20(26)8-6-9-21(24)27;1-4-7-8-9(5-2)6-3;2*1-2/h5-9,11-13,28H,2,10H2,1,3-4H3;4-8H2,1-3H3;2*1-2H3. The van der Waals surface area contributed by atoms with E-state index < -0.39 is 23.2 Å². The number of carbonyl (C=O) groups is 1. The molecule has 0 saturated carbocycles. The molecule has 0 radical (unpaired) electrons. The van der Waals surface area contributed by atoms with E-state index in [9.17, 15) is 13.6 Å². The van der Waals surface area contributed by atoms with Gasteiger partial charge in [0.25, 0.3) is 0 Å². The number of carbonyl (C=O) groups excluding carboxylic acids is 1. The van der Waals surface area contributed by atoms with E-state index in [1.54, 1.807) is 26.1 Å². The highest BCUT2D eigenvalue weighted by molar-refractivity contribution is 6.05. The summed E-state index contributed by atoms with van der Waals surface area (Å²) in [5.41, 5.74) is 4.02. The number of aromatic nitrogens is 2. The van der Waals surface area contributed by atoms with Gasteiger partial charge in [0.05, 0.1) is 5.69 Å². The molecule has 0 aliphatic carbocycles. The number of halogens is 2. The number of para-hydroxylation sites is 1. The van der Waals surface area contributed by atoms with Gasteiger partial charge in [-0.25, -0.2) is 18.7 Å². The first-order valence-electron chi connectivity index (χ1n) is 16.2. The van der Waals surface area contributed by atoms with Crippen LogP contribution in [0.15, 0.2) is 49.1 Å². The predicted molar refractivity (Wildman–Crippen MR) is 188 cm³/mol. The molecule has 1 amide bonds. The van der Waals surface area contributed by atoms with E-state index in [0.29, 0.717) is 17.1 Å². The summed E-state index contributed by atoms with van der Waals surface area (Å²) in [6.07, 6.45) is 6.03. The van der Waals surface area contributed by atoms with Gasteiger partial charge in [0.15, 0.2) is 5.82 Å². The second kappa shape index (κ2) is 20.2. The zero-order valence-corrected chi connectivity index (χ0v) is 29.0. The molecule has 2 heterocycles. The number of unbranched alkanes of at least 4 members (excludes halogenated alkanes) is 1. The third-order valence-electron chi connectivity index (χ3n) is 7.10. The third kappa shape index (κ3) is 10.3. The van der Waals surface area contributed by atoms with Crippen LogP contribution in [-0.4, -0.2) is 47.5 Å². The molecule has 0 saturated heterocycles. The Balaban J connectivity index is 0.000000666. The number of fused-ring (bicyclic) bond motifs is 1. The molecule has 1 aromatic heterocycles. The van der Waals surface area contributed by atoms with Crippen molar-refractivity contribution in [3.05, 3.63) is 83.2 Å². The molecule has 0 bridgehead atoms. The van der Waals surface area contributed by atoms with Crippen molar-refractivity contribution in [3.63, 3.8) is 0 Å². The molecule has 0 fully saturated rings. The summed E-state index contributed by atoms with van der Waals surface area (Å²) in [5, 5.41) is 3.03. The van der Waals surface area contributed by atoms with Crippen LogP contribution in [0.2, 0.25) is 0 Å². The molecule has 246 valence electrons. The number of hydrogen-bond donors (Lipinski definition) is 1. The first-order chi connectivity index (χ1) is 21.7. The van der Waals surface area contributed by atoms with E-state index >= 15 is 0 Å². The zero-order valence-electron chi connectivity index (χ0n) is 29.0. The number of aryl methyl sites for hydroxylation is 2. The van der Waals surface area contributed by atoms with Crippen LogP contribution in [-0.2, 0) is 4.79 Å². The topological polar surface area (TPSA) is 61.4 Å². The highest BCUT2D eigenvalue weighted by atomic mass is 19.1. The Hall–Kier alpha value is -3.91. The van der Waals surface area contributed by atoms with Crippen molar-refractivity contribution in [1.82, 2.24) is 20.2 Å². The van der Waals surface area contributed by atoms with Gasteiger partial charge in [-0.1, -0.05) is 91.8 Å². The maximum absolute atomic E-state index is 14.7. The molecule has 8 heteroatoms. The highest BCUT2D eigenvalue weighted by Crippen LogP contribution is 2.39. The normalized spacial score (nSPS) is 11.7. The van der Waals surface area contributed by atoms with Crippen LogP contribution < -0.4 is 10.2 Å². The fourth-order valence-electron chi connectivity index (χ4n) is 4.65. The first-order valence-corrected chi connectivity index (χ1v) is 16.2. The van der Waals surface area contributed by atoms with Crippen LogP contribution in [0.1, 0.15) is 90.2 Å².